The summed E-state index contributed by atoms with van der Waals surface area (Å²) in [5.41, 5.74) is 1.85. The molecule has 5 rings (SSSR count). The minimum atomic E-state index is -4.77. The standard InChI is InChI=1S/C20H15F3N4O3/c21-20(22,23)30-13-5-3-11(4-6-13)18-17-14(26-19-24-10-25-27(18)19)8-12(9-15(17)28)16-2-1-7-29-16/h1-7,10,12,18H,8-9H2,(H,24,25,26)/t12-,18+/m1/s1. The van der Waals surface area contributed by atoms with Crippen molar-refractivity contribution in [3.63, 3.8) is 0 Å². The summed E-state index contributed by atoms with van der Waals surface area (Å²) < 4.78 is 48.4. The first kappa shape index (κ1) is 18.5. The quantitative estimate of drug-likeness (QED) is 0.690. The zero-order valence-electron chi connectivity index (χ0n) is 15.4. The maximum Gasteiger partial charge on any atom is 0.573 e. The van der Waals surface area contributed by atoms with E-state index in [-0.39, 0.29) is 23.9 Å². The minimum absolute atomic E-state index is 0.0769. The van der Waals surface area contributed by atoms with Crippen LogP contribution in [0.15, 0.2) is 64.7 Å². The number of anilines is 1. The van der Waals surface area contributed by atoms with Crippen molar-refractivity contribution in [3.8, 4) is 5.75 Å². The highest BCUT2D eigenvalue weighted by Crippen LogP contribution is 2.44. The number of halogens is 3. The third-order valence-corrected chi connectivity index (χ3v) is 5.24. The van der Waals surface area contributed by atoms with E-state index in [1.54, 1.807) is 17.0 Å². The summed E-state index contributed by atoms with van der Waals surface area (Å²) in [7, 11) is 0. The van der Waals surface area contributed by atoms with E-state index in [0.717, 1.165) is 5.76 Å². The van der Waals surface area contributed by atoms with Crippen molar-refractivity contribution < 1.29 is 27.1 Å². The van der Waals surface area contributed by atoms with Gasteiger partial charge in [-0.3, -0.25) is 4.79 Å². The second-order valence-corrected chi connectivity index (χ2v) is 7.11. The van der Waals surface area contributed by atoms with Crippen LogP contribution >= 0.6 is 0 Å². The molecule has 30 heavy (non-hydrogen) atoms. The number of nitrogens with zero attached hydrogens (tertiary/aromatic N) is 3. The molecule has 154 valence electrons. The molecular formula is C20H15F3N4O3. The van der Waals surface area contributed by atoms with Crippen LogP contribution in [0.1, 0.15) is 36.1 Å². The highest BCUT2D eigenvalue weighted by atomic mass is 19.4. The van der Waals surface area contributed by atoms with Gasteiger partial charge < -0.3 is 14.5 Å². The van der Waals surface area contributed by atoms with Gasteiger partial charge in [-0.25, -0.2) is 4.68 Å². The molecule has 0 spiro atoms. The van der Waals surface area contributed by atoms with Crippen LogP contribution < -0.4 is 10.1 Å². The van der Waals surface area contributed by atoms with E-state index in [1.807, 2.05) is 6.07 Å². The van der Waals surface area contributed by atoms with Crippen LogP contribution in [0.3, 0.4) is 0 Å². The molecular weight excluding hydrogens is 401 g/mol. The fourth-order valence-corrected chi connectivity index (χ4v) is 4.04. The third kappa shape index (κ3) is 3.23. The molecule has 1 aromatic carbocycles. The molecule has 1 aliphatic heterocycles. The zero-order chi connectivity index (χ0) is 20.9. The molecule has 0 radical (unpaired) electrons. The van der Waals surface area contributed by atoms with Crippen LogP contribution in [0.5, 0.6) is 5.75 Å². The van der Waals surface area contributed by atoms with Gasteiger partial charge in [-0.1, -0.05) is 12.1 Å². The Hall–Kier alpha value is -3.56. The molecule has 7 nitrogen and oxygen atoms in total. The Morgan fingerprint density at radius 2 is 1.97 bits per heavy atom. The largest absolute Gasteiger partial charge is 0.573 e. The molecule has 0 fully saturated rings. The highest BCUT2D eigenvalue weighted by molar-refractivity contribution is 6.00. The maximum atomic E-state index is 13.1. The number of nitrogens with one attached hydrogen (secondary N) is 1. The topological polar surface area (TPSA) is 82.2 Å². The van der Waals surface area contributed by atoms with Gasteiger partial charge in [0.15, 0.2) is 5.78 Å². The van der Waals surface area contributed by atoms with Crippen LogP contribution in [0.4, 0.5) is 19.1 Å². The average Bonchev–Trinajstić information content (AvgIpc) is 3.37. The van der Waals surface area contributed by atoms with Gasteiger partial charge >= 0.3 is 6.36 Å². The molecule has 0 amide bonds. The Balaban J connectivity index is 1.53. The molecule has 1 N–H and O–H groups in total. The van der Waals surface area contributed by atoms with Crippen molar-refractivity contribution >= 4 is 11.7 Å². The summed E-state index contributed by atoms with van der Waals surface area (Å²) in [6.45, 7) is 0. The number of hydrogen-bond acceptors (Lipinski definition) is 6. The number of furan rings is 1. The first-order valence-corrected chi connectivity index (χ1v) is 9.21. The Morgan fingerprint density at radius 3 is 2.67 bits per heavy atom. The van der Waals surface area contributed by atoms with Gasteiger partial charge in [-0.2, -0.15) is 10.1 Å². The number of rotatable bonds is 3. The number of hydrogen-bond donors (Lipinski definition) is 1. The Morgan fingerprint density at radius 1 is 1.17 bits per heavy atom. The number of fused-ring (bicyclic) bond motifs is 1. The molecule has 0 unspecified atom stereocenters. The van der Waals surface area contributed by atoms with Crippen molar-refractivity contribution in [1.29, 1.82) is 0 Å². The molecule has 0 saturated carbocycles. The van der Waals surface area contributed by atoms with Gasteiger partial charge in [0.2, 0.25) is 5.95 Å². The predicted octanol–water partition coefficient (Wildman–Crippen LogP) is 4.19. The van der Waals surface area contributed by atoms with Crippen LogP contribution in [0.2, 0.25) is 0 Å². The normalized spacial score (nSPS) is 21.1. The number of alkyl halides is 3. The molecule has 10 heteroatoms. The Kier molecular flexibility index (Phi) is 4.16. The fraction of sp³-hybridized carbons (Fsp3) is 0.250. The number of allylic oxidation sites excluding steroid dienone is 2. The summed E-state index contributed by atoms with van der Waals surface area (Å²) in [5.74, 6) is 0.681. The summed E-state index contributed by atoms with van der Waals surface area (Å²) in [6.07, 6.45) is -1.02. The van der Waals surface area contributed by atoms with Crippen LogP contribution in [0.25, 0.3) is 0 Å². The minimum Gasteiger partial charge on any atom is -0.469 e. The Bertz CT molecular complexity index is 1120. The van der Waals surface area contributed by atoms with E-state index in [4.69, 9.17) is 4.42 Å². The summed E-state index contributed by atoms with van der Waals surface area (Å²) >= 11 is 0. The van der Waals surface area contributed by atoms with Gasteiger partial charge in [0.25, 0.3) is 0 Å². The number of ether oxygens (including phenoxy) is 1. The Labute approximate surface area is 168 Å². The van der Waals surface area contributed by atoms with Crippen molar-refractivity contribution in [3.05, 3.63) is 71.6 Å². The molecule has 2 atom stereocenters. The van der Waals surface area contributed by atoms with Gasteiger partial charge in [-0.05, 0) is 36.2 Å². The fourth-order valence-electron chi connectivity index (χ4n) is 4.04. The smallest absolute Gasteiger partial charge is 0.469 e. The average molecular weight is 416 g/mol. The van der Waals surface area contributed by atoms with Crippen LogP contribution in [-0.4, -0.2) is 26.9 Å². The van der Waals surface area contributed by atoms with Crippen LogP contribution in [0, 0.1) is 0 Å². The first-order chi connectivity index (χ1) is 14.4. The zero-order valence-corrected chi connectivity index (χ0v) is 15.4. The number of carbonyl (C=O) groups excluding carboxylic acids is 1. The monoisotopic (exact) mass is 416 g/mol. The molecule has 3 heterocycles. The lowest BCUT2D eigenvalue weighted by molar-refractivity contribution is -0.274. The number of benzene rings is 1. The molecule has 0 saturated heterocycles. The van der Waals surface area contributed by atoms with Gasteiger partial charge in [-0.15, -0.1) is 13.2 Å². The van der Waals surface area contributed by atoms with E-state index in [0.29, 0.717) is 29.2 Å². The maximum absolute atomic E-state index is 13.1. The second-order valence-electron chi connectivity index (χ2n) is 7.11. The first-order valence-electron chi connectivity index (χ1n) is 9.21. The number of ketones is 1. The van der Waals surface area contributed by atoms with Crippen LogP contribution in [-0.2, 0) is 4.79 Å². The predicted molar refractivity (Wildman–Crippen MR) is 97.6 cm³/mol. The lowest BCUT2D eigenvalue weighted by atomic mass is 9.79. The van der Waals surface area contributed by atoms with E-state index in [9.17, 15) is 18.0 Å². The summed E-state index contributed by atoms with van der Waals surface area (Å²) in [4.78, 5) is 17.3. The van der Waals surface area contributed by atoms with Gasteiger partial charge in [0.05, 0.1) is 6.26 Å². The lowest BCUT2D eigenvalue weighted by Gasteiger charge is -2.34. The molecule has 2 aromatic heterocycles. The van der Waals surface area contributed by atoms with Gasteiger partial charge in [0.1, 0.15) is 23.9 Å². The highest BCUT2D eigenvalue weighted by Gasteiger charge is 2.40. The van der Waals surface area contributed by atoms with Gasteiger partial charge in [0, 0.05) is 23.6 Å². The van der Waals surface area contributed by atoms with E-state index in [1.165, 1.54) is 30.6 Å². The van der Waals surface area contributed by atoms with Crippen molar-refractivity contribution in [2.75, 3.05) is 5.32 Å². The summed E-state index contributed by atoms with van der Waals surface area (Å²) in [6, 6.07) is 8.47. The number of Topliss-reactive ketones (excluding diaryl/α,β-unsaturated/α-hetero) is 1. The third-order valence-electron chi connectivity index (χ3n) is 5.24. The molecule has 3 aromatic rings. The lowest BCUT2D eigenvalue weighted by Crippen LogP contribution is -2.33. The molecule has 1 aliphatic carbocycles. The SMILES string of the molecule is O=C1C[C@H](c2ccco2)CC2=C1[C@H](c1ccc(OC(F)(F)F)cc1)n1ncnc1N2. The molecule has 2 aliphatic rings. The van der Waals surface area contributed by atoms with E-state index < -0.39 is 12.4 Å². The van der Waals surface area contributed by atoms with E-state index >= 15 is 0 Å². The van der Waals surface area contributed by atoms with Crippen molar-refractivity contribution in [2.24, 2.45) is 0 Å². The molecule has 0 bridgehead atoms. The second kappa shape index (κ2) is 6.75. The van der Waals surface area contributed by atoms with E-state index in [2.05, 4.69) is 20.1 Å². The summed E-state index contributed by atoms with van der Waals surface area (Å²) in [5, 5.41) is 7.39. The number of aromatic nitrogens is 3. The van der Waals surface area contributed by atoms with Crippen molar-refractivity contribution in [2.45, 2.75) is 31.2 Å². The number of carbonyl (C=O) groups is 1. The van der Waals surface area contributed by atoms with Crippen molar-refractivity contribution in [1.82, 2.24) is 14.8 Å².